The maximum Gasteiger partial charge on any atom is 0.135 e. The Hall–Kier alpha value is -0.130. The Bertz CT molecular complexity index is 621. The highest BCUT2D eigenvalue weighted by Gasteiger charge is 2.64. The van der Waals surface area contributed by atoms with Gasteiger partial charge in [0.05, 0.1) is 5.54 Å². The first-order valence-electron chi connectivity index (χ1n) is 8.02. The molecule has 120 valence electrons. The van der Waals surface area contributed by atoms with Gasteiger partial charge in [-0.3, -0.25) is 0 Å². The number of hydrogen-bond donors (Lipinski definition) is 2. The van der Waals surface area contributed by atoms with Gasteiger partial charge in [0.15, 0.2) is 0 Å². The van der Waals surface area contributed by atoms with E-state index in [-0.39, 0.29) is 5.92 Å². The van der Waals surface area contributed by atoms with Gasteiger partial charge in [-0.05, 0) is 83.5 Å². The molecule has 5 heteroatoms. The van der Waals surface area contributed by atoms with Gasteiger partial charge >= 0.3 is 0 Å². The van der Waals surface area contributed by atoms with Crippen molar-refractivity contribution >= 4 is 37.5 Å². The van der Waals surface area contributed by atoms with Gasteiger partial charge in [0, 0.05) is 21.1 Å². The van der Waals surface area contributed by atoms with Gasteiger partial charge in [-0.2, -0.15) is 0 Å². The third-order valence-electron chi connectivity index (χ3n) is 6.31. The number of rotatable bonds is 2. The van der Waals surface area contributed by atoms with Crippen molar-refractivity contribution < 1.29 is 4.39 Å². The fourth-order valence-electron chi connectivity index (χ4n) is 5.51. The highest BCUT2D eigenvalue weighted by atomic mass is 79.9. The minimum absolute atomic E-state index is 0.0981. The van der Waals surface area contributed by atoms with Crippen molar-refractivity contribution in [3.63, 3.8) is 0 Å². The first-order valence-corrected chi connectivity index (χ1v) is 9.60. The summed E-state index contributed by atoms with van der Waals surface area (Å²) in [7, 11) is 0. The number of nitrogen functional groups attached to an aromatic ring is 1. The Labute approximate surface area is 147 Å². The van der Waals surface area contributed by atoms with Gasteiger partial charge < -0.3 is 11.5 Å². The minimum atomic E-state index is -1.32. The third kappa shape index (κ3) is 2.11. The monoisotopic (exact) mass is 430 g/mol. The molecule has 3 atom stereocenters. The number of halogens is 3. The van der Waals surface area contributed by atoms with Crippen LogP contribution in [0.5, 0.6) is 0 Å². The van der Waals surface area contributed by atoms with Crippen molar-refractivity contribution in [2.75, 3.05) is 5.73 Å². The lowest BCUT2D eigenvalue weighted by atomic mass is 9.46. The summed E-state index contributed by atoms with van der Waals surface area (Å²) < 4.78 is 17.9. The molecule has 4 aliphatic rings. The molecule has 22 heavy (non-hydrogen) atoms. The highest BCUT2D eigenvalue weighted by Crippen LogP contribution is 2.61. The van der Waals surface area contributed by atoms with E-state index in [1.54, 1.807) is 0 Å². The van der Waals surface area contributed by atoms with Crippen molar-refractivity contribution in [3.8, 4) is 0 Å². The Morgan fingerprint density at radius 1 is 1.14 bits per heavy atom. The van der Waals surface area contributed by atoms with Crippen LogP contribution in [0.25, 0.3) is 0 Å². The lowest BCUT2D eigenvalue weighted by molar-refractivity contribution is -0.140. The number of nitrogens with two attached hydrogens (primary N) is 2. The summed E-state index contributed by atoms with van der Waals surface area (Å²) in [5, 5.41) is 0. The predicted octanol–water partition coefficient (Wildman–Crippen LogP) is 4.58. The zero-order valence-corrected chi connectivity index (χ0v) is 15.6. The second kappa shape index (κ2) is 4.93. The van der Waals surface area contributed by atoms with Crippen LogP contribution in [-0.4, -0.2) is 11.2 Å². The second-order valence-corrected chi connectivity index (χ2v) is 9.47. The van der Waals surface area contributed by atoms with Crippen LogP contribution in [0.2, 0.25) is 0 Å². The molecule has 2 nitrogen and oxygen atoms in total. The SMILES string of the molecule is Nc1c(Br)cc(Br)cc1CC1(F)C2CC3CC(C2)CC1(N)C3. The van der Waals surface area contributed by atoms with E-state index in [0.717, 1.165) is 40.2 Å². The third-order valence-corrected chi connectivity index (χ3v) is 7.42. The molecule has 0 spiro atoms. The van der Waals surface area contributed by atoms with E-state index in [0.29, 0.717) is 23.9 Å². The molecule has 0 heterocycles. The van der Waals surface area contributed by atoms with Gasteiger partial charge in [0.25, 0.3) is 0 Å². The predicted molar refractivity (Wildman–Crippen MR) is 94.3 cm³/mol. The zero-order valence-electron chi connectivity index (χ0n) is 12.4. The van der Waals surface area contributed by atoms with Gasteiger partial charge in [0.2, 0.25) is 0 Å². The summed E-state index contributed by atoms with van der Waals surface area (Å²) in [6, 6.07) is 3.84. The van der Waals surface area contributed by atoms with Crippen LogP contribution in [0.1, 0.15) is 37.7 Å². The normalized spacial score (nSPS) is 42.8. The summed E-state index contributed by atoms with van der Waals surface area (Å²) in [5.41, 5.74) is 12.3. The molecular weight excluding hydrogens is 411 g/mol. The van der Waals surface area contributed by atoms with Crippen LogP contribution in [0.3, 0.4) is 0 Å². The minimum Gasteiger partial charge on any atom is -0.398 e. The topological polar surface area (TPSA) is 52.0 Å². The number of benzene rings is 1. The maximum absolute atomic E-state index is 16.2. The van der Waals surface area contributed by atoms with Crippen LogP contribution in [0.15, 0.2) is 21.1 Å². The molecule has 0 aliphatic heterocycles. The van der Waals surface area contributed by atoms with E-state index in [1.807, 2.05) is 12.1 Å². The average molecular weight is 432 g/mol. The molecule has 0 amide bonds. The number of hydrogen-bond acceptors (Lipinski definition) is 2. The Morgan fingerprint density at radius 3 is 2.36 bits per heavy atom. The lowest BCUT2D eigenvalue weighted by Gasteiger charge is -2.63. The van der Waals surface area contributed by atoms with Crippen molar-refractivity contribution in [2.24, 2.45) is 23.5 Å². The lowest BCUT2D eigenvalue weighted by Crippen LogP contribution is -2.71. The van der Waals surface area contributed by atoms with Crippen LogP contribution < -0.4 is 11.5 Å². The molecule has 0 aromatic heterocycles. The van der Waals surface area contributed by atoms with Crippen LogP contribution >= 0.6 is 31.9 Å². The summed E-state index contributed by atoms with van der Waals surface area (Å²) in [4.78, 5) is 0. The van der Waals surface area contributed by atoms with Crippen LogP contribution in [0, 0.1) is 17.8 Å². The fourth-order valence-corrected chi connectivity index (χ4v) is 6.83. The second-order valence-electron chi connectivity index (χ2n) is 7.70. The molecule has 4 aliphatic carbocycles. The molecule has 4 N–H and O–H groups in total. The molecule has 3 unspecified atom stereocenters. The summed E-state index contributed by atoms with van der Waals surface area (Å²) in [6.07, 6.45) is 5.27. The number of alkyl halides is 1. The molecule has 1 aromatic carbocycles. The molecule has 4 saturated carbocycles. The Balaban J connectivity index is 1.73. The number of anilines is 1. The fraction of sp³-hybridized carbons (Fsp3) is 0.647. The first kappa shape index (κ1) is 15.4. The molecule has 4 bridgehead atoms. The summed E-state index contributed by atoms with van der Waals surface area (Å²) in [6.45, 7) is 0. The van der Waals surface area contributed by atoms with E-state index in [1.165, 1.54) is 6.42 Å². The Morgan fingerprint density at radius 2 is 1.77 bits per heavy atom. The quantitative estimate of drug-likeness (QED) is 0.673. The van der Waals surface area contributed by atoms with Crippen molar-refractivity contribution in [1.82, 2.24) is 0 Å². The molecule has 0 radical (unpaired) electrons. The molecular formula is C17H21Br2FN2. The first-order chi connectivity index (χ1) is 10.3. The van der Waals surface area contributed by atoms with Crippen molar-refractivity contribution in [2.45, 2.75) is 49.7 Å². The van der Waals surface area contributed by atoms with Crippen LogP contribution in [-0.2, 0) is 6.42 Å². The van der Waals surface area contributed by atoms with Gasteiger partial charge in [0.1, 0.15) is 5.67 Å². The van der Waals surface area contributed by atoms with E-state index in [2.05, 4.69) is 31.9 Å². The average Bonchev–Trinajstić information content (AvgIpc) is 2.41. The molecule has 5 rings (SSSR count). The highest BCUT2D eigenvalue weighted by molar-refractivity contribution is 9.11. The molecule has 0 saturated heterocycles. The smallest absolute Gasteiger partial charge is 0.135 e. The van der Waals surface area contributed by atoms with E-state index in [9.17, 15) is 0 Å². The largest absolute Gasteiger partial charge is 0.398 e. The summed E-state index contributed by atoms with van der Waals surface area (Å²) >= 11 is 6.94. The van der Waals surface area contributed by atoms with Gasteiger partial charge in [-0.1, -0.05) is 15.9 Å². The van der Waals surface area contributed by atoms with E-state index in [4.69, 9.17) is 11.5 Å². The molecule has 1 aromatic rings. The maximum atomic E-state index is 16.2. The zero-order chi connectivity index (χ0) is 15.7. The summed E-state index contributed by atoms with van der Waals surface area (Å²) in [5.74, 6) is 1.37. The van der Waals surface area contributed by atoms with Gasteiger partial charge in [-0.25, -0.2) is 4.39 Å². The van der Waals surface area contributed by atoms with E-state index >= 15 is 4.39 Å². The van der Waals surface area contributed by atoms with E-state index < -0.39 is 11.2 Å². The van der Waals surface area contributed by atoms with Crippen molar-refractivity contribution in [1.29, 1.82) is 0 Å². The Kier molecular flexibility index (Phi) is 3.45. The standard InChI is InChI=1S/C17H21Br2FN2/c18-13-4-11(15(21)14(19)5-13)8-17(20)12-2-9-1-10(3-12)7-16(17,22)6-9/h4-5,9-10,12H,1-3,6-8,21-22H2. The molecule has 4 fully saturated rings. The van der Waals surface area contributed by atoms with Crippen molar-refractivity contribution in [3.05, 3.63) is 26.6 Å². The van der Waals surface area contributed by atoms with Gasteiger partial charge in [-0.15, -0.1) is 0 Å². The van der Waals surface area contributed by atoms with Crippen LogP contribution in [0.4, 0.5) is 10.1 Å².